The average molecular weight is 339 g/mol. The molecule has 4 rings (SSSR count). The molecule has 24 heavy (non-hydrogen) atoms. The molecule has 0 saturated heterocycles. The third kappa shape index (κ3) is 2.63. The molecule has 124 valence electrons. The number of aryl methyl sites for hydroxylation is 2. The third-order valence-corrected chi connectivity index (χ3v) is 5.94. The van der Waals surface area contributed by atoms with Gasteiger partial charge in [-0.05, 0) is 48.9 Å². The van der Waals surface area contributed by atoms with Crippen LogP contribution in [-0.4, -0.2) is 17.1 Å². The molecule has 5 heteroatoms. The van der Waals surface area contributed by atoms with Crippen LogP contribution in [0.1, 0.15) is 41.8 Å². The Balaban J connectivity index is 1.69. The molecule has 1 aromatic carbocycles. The van der Waals surface area contributed by atoms with Crippen LogP contribution in [0.3, 0.4) is 0 Å². The van der Waals surface area contributed by atoms with Gasteiger partial charge >= 0.3 is 0 Å². The van der Waals surface area contributed by atoms with E-state index >= 15 is 0 Å². The zero-order chi connectivity index (χ0) is 16.5. The Labute approximate surface area is 145 Å². The molecule has 0 spiro atoms. The molecule has 1 atom stereocenters. The topological polar surface area (TPSA) is 47.0 Å². The van der Waals surface area contributed by atoms with Gasteiger partial charge in [-0.2, -0.15) is 0 Å². The molecule has 1 aliphatic carbocycles. The van der Waals surface area contributed by atoms with Crippen molar-refractivity contribution < 1.29 is 4.74 Å². The van der Waals surface area contributed by atoms with Gasteiger partial charge in [0.15, 0.2) is 0 Å². The van der Waals surface area contributed by atoms with Crippen molar-refractivity contribution in [1.82, 2.24) is 9.97 Å². The number of nitrogens with one attached hydrogen (secondary N) is 1. The van der Waals surface area contributed by atoms with Crippen molar-refractivity contribution in [2.24, 2.45) is 0 Å². The van der Waals surface area contributed by atoms with E-state index in [4.69, 9.17) is 4.74 Å². The molecular weight excluding hydrogens is 318 g/mol. The van der Waals surface area contributed by atoms with Crippen LogP contribution >= 0.6 is 11.3 Å². The summed E-state index contributed by atoms with van der Waals surface area (Å²) in [5, 5.41) is 4.89. The summed E-state index contributed by atoms with van der Waals surface area (Å²) in [4.78, 5) is 11.7. The van der Waals surface area contributed by atoms with Crippen LogP contribution in [0.5, 0.6) is 5.75 Å². The zero-order valence-corrected chi connectivity index (χ0v) is 14.8. The highest BCUT2D eigenvalue weighted by molar-refractivity contribution is 7.19. The lowest BCUT2D eigenvalue weighted by Gasteiger charge is -2.19. The van der Waals surface area contributed by atoms with Gasteiger partial charge in [0.1, 0.15) is 22.7 Å². The van der Waals surface area contributed by atoms with Crippen molar-refractivity contribution >= 4 is 27.4 Å². The SMILES string of the molecule is CC[C@@H](Nc1ncnc2sc3c(c12)CCC3)c1ccc(OC)cc1. The number of thiophene rings is 1. The van der Waals surface area contributed by atoms with Crippen LogP contribution in [0.25, 0.3) is 10.2 Å². The van der Waals surface area contributed by atoms with E-state index in [1.54, 1.807) is 13.4 Å². The van der Waals surface area contributed by atoms with Crippen molar-refractivity contribution in [2.75, 3.05) is 12.4 Å². The molecule has 2 aromatic heterocycles. The van der Waals surface area contributed by atoms with Gasteiger partial charge in [0.2, 0.25) is 0 Å². The minimum atomic E-state index is 0.228. The maximum Gasteiger partial charge on any atom is 0.138 e. The molecule has 4 nitrogen and oxygen atoms in total. The average Bonchev–Trinajstić information content (AvgIpc) is 3.21. The predicted molar refractivity (Wildman–Crippen MR) is 99.1 cm³/mol. The molecule has 0 unspecified atom stereocenters. The van der Waals surface area contributed by atoms with Gasteiger partial charge < -0.3 is 10.1 Å². The van der Waals surface area contributed by atoms with Gasteiger partial charge in [-0.3, -0.25) is 0 Å². The van der Waals surface area contributed by atoms with Crippen LogP contribution in [0.2, 0.25) is 0 Å². The molecule has 0 bridgehead atoms. The van der Waals surface area contributed by atoms with Gasteiger partial charge in [-0.25, -0.2) is 9.97 Å². The van der Waals surface area contributed by atoms with Crippen molar-refractivity contribution in [2.45, 2.75) is 38.6 Å². The molecule has 3 aromatic rings. The van der Waals surface area contributed by atoms with Gasteiger partial charge in [0, 0.05) is 4.88 Å². The van der Waals surface area contributed by atoms with Gasteiger partial charge in [0.05, 0.1) is 18.5 Å². The molecule has 1 N–H and O–H groups in total. The summed E-state index contributed by atoms with van der Waals surface area (Å²) in [7, 11) is 1.69. The van der Waals surface area contributed by atoms with Crippen LogP contribution in [0.15, 0.2) is 30.6 Å². The summed E-state index contributed by atoms with van der Waals surface area (Å²) < 4.78 is 5.26. The maximum atomic E-state index is 5.26. The Morgan fingerprint density at radius 2 is 2.04 bits per heavy atom. The number of aromatic nitrogens is 2. The van der Waals surface area contributed by atoms with E-state index in [0.717, 1.165) is 29.2 Å². The first-order valence-electron chi connectivity index (χ1n) is 8.46. The lowest BCUT2D eigenvalue weighted by molar-refractivity contribution is 0.414. The largest absolute Gasteiger partial charge is 0.497 e. The monoisotopic (exact) mass is 339 g/mol. The van der Waals surface area contributed by atoms with E-state index in [-0.39, 0.29) is 6.04 Å². The molecule has 0 radical (unpaired) electrons. The second kappa shape index (κ2) is 6.40. The Morgan fingerprint density at radius 3 is 2.79 bits per heavy atom. The number of methoxy groups -OCH3 is 1. The Hall–Kier alpha value is -2.14. The summed E-state index contributed by atoms with van der Waals surface area (Å²) in [6.07, 6.45) is 6.25. The number of fused-ring (bicyclic) bond motifs is 3. The molecule has 0 saturated carbocycles. The quantitative estimate of drug-likeness (QED) is 0.728. The standard InChI is InChI=1S/C19H21N3OS/c1-3-15(12-7-9-13(23-2)10-8-12)22-18-17-14-5-4-6-16(14)24-19(17)21-11-20-18/h7-11,15H,3-6H2,1-2H3,(H,20,21,22)/t15-/m1/s1. The molecule has 0 amide bonds. The number of benzene rings is 1. The van der Waals surface area contributed by atoms with Crippen molar-refractivity contribution in [1.29, 1.82) is 0 Å². The van der Waals surface area contributed by atoms with E-state index < -0.39 is 0 Å². The second-order valence-electron chi connectivity index (χ2n) is 6.14. The van der Waals surface area contributed by atoms with Gasteiger partial charge in [0.25, 0.3) is 0 Å². The van der Waals surface area contributed by atoms with Gasteiger partial charge in [-0.15, -0.1) is 11.3 Å². The first-order chi connectivity index (χ1) is 11.8. The predicted octanol–water partition coefficient (Wildman–Crippen LogP) is 4.75. The van der Waals surface area contributed by atoms with Crippen molar-refractivity contribution in [3.05, 3.63) is 46.6 Å². The van der Waals surface area contributed by atoms with Crippen LogP contribution < -0.4 is 10.1 Å². The first kappa shape index (κ1) is 15.4. The molecule has 0 aliphatic heterocycles. The van der Waals surface area contributed by atoms with E-state index in [0.29, 0.717) is 0 Å². The molecule has 2 heterocycles. The lowest BCUT2D eigenvalue weighted by atomic mass is 10.0. The summed E-state index contributed by atoms with van der Waals surface area (Å²) in [5.74, 6) is 1.86. The zero-order valence-electron chi connectivity index (χ0n) is 14.0. The highest BCUT2D eigenvalue weighted by Gasteiger charge is 2.22. The normalized spacial score (nSPS) is 14.6. The number of ether oxygens (including phenoxy) is 1. The Bertz CT molecular complexity index is 857. The first-order valence-corrected chi connectivity index (χ1v) is 9.27. The maximum absolute atomic E-state index is 5.26. The summed E-state index contributed by atoms with van der Waals surface area (Å²) in [6.45, 7) is 2.19. The van der Waals surface area contributed by atoms with Crippen LogP contribution in [0, 0.1) is 0 Å². The Morgan fingerprint density at radius 1 is 1.21 bits per heavy atom. The minimum Gasteiger partial charge on any atom is -0.497 e. The summed E-state index contributed by atoms with van der Waals surface area (Å²) in [6, 6.07) is 8.49. The van der Waals surface area contributed by atoms with E-state index in [1.807, 2.05) is 23.5 Å². The highest BCUT2D eigenvalue weighted by Crippen LogP contribution is 2.40. The third-order valence-electron chi connectivity index (χ3n) is 4.74. The van der Waals surface area contributed by atoms with Crippen LogP contribution in [-0.2, 0) is 12.8 Å². The van der Waals surface area contributed by atoms with Crippen molar-refractivity contribution in [3.63, 3.8) is 0 Å². The van der Waals surface area contributed by atoms with E-state index in [1.165, 1.54) is 34.2 Å². The molecule has 1 aliphatic rings. The van der Waals surface area contributed by atoms with Crippen LogP contribution in [0.4, 0.5) is 5.82 Å². The van der Waals surface area contributed by atoms with Gasteiger partial charge in [-0.1, -0.05) is 19.1 Å². The fourth-order valence-electron chi connectivity index (χ4n) is 3.46. The fraction of sp³-hybridized carbons (Fsp3) is 0.368. The summed E-state index contributed by atoms with van der Waals surface area (Å²) >= 11 is 1.83. The fourth-order valence-corrected chi connectivity index (χ4v) is 4.69. The van der Waals surface area contributed by atoms with Crippen molar-refractivity contribution in [3.8, 4) is 5.75 Å². The number of hydrogen-bond acceptors (Lipinski definition) is 5. The molecular formula is C19H21N3OS. The van der Waals surface area contributed by atoms with E-state index in [9.17, 15) is 0 Å². The smallest absolute Gasteiger partial charge is 0.138 e. The minimum absolute atomic E-state index is 0.228. The number of rotatable bonds is 5. The Kier molecular flexibility index (Phi) is 4.10. The lowest BCUT2D eigenvalue weighted by Crippen LogP contribution is -2.11. The highest BCUT2D eigenvalue weighted by atomic mass is 32.1. The molecule has 0 fully saturated rings. The van der Waals surface area contributed by atoms with E-state index in [2.05, 4.69) is 34.3 Å². The number of nitrogens with zero attached hydrogens (tertiary/aromatic N) is 2. The summed E-state index contributed by atoms with van der Waals surface area (Å²) in [5.41, 5.74) is 2.71. The number of anilines is 1. The number of hydrogen-bond donors (Lipinski definition) is 1. The second-order valence-corrected chi connectivity index (χ2v) is 7.22.